The minimum atomic E-state index is 0.624. The highest BCUT2D eigenvalue weighted by Crippen LogP contribution is 2.21. The summed E-state index contributed by atoms with van der Waals surface area (Å²) >= 11 is 0. The zero-order chi connectivity index (χ0) is 10.4. The van der Waals surface area contributed by atoms with Crippen molar-refractivity contribution in [1.29, 1.82) is 0 Å². The first-order valence-corrected chi connectivity index (χ1v) is 5.69. The number of hydrogen-bond acceptors (Lipinski definition) is 2. The molecule has 1 aliphatic heterocycles. The Morgan fingerprint density at radius 2 is 2.43 bits per heavy atom. The molecule has 0 saturated carbocycles. The molecule has 1 N–H and O–H groups in total. The number of allylic oxidation sites excluding steroid dienone is 1. The van der Waals surface area contributed by atoms with E-state index in [1.807, 2.05) is 0 Å². The first kappa shape index (κ1) is 11.7. The standard InChI is InChI=1S/C12H23NO/c1-4-13-12(6-5-10(2)3)11-7-8-14-9-11/h11-13H,2,4-9H2,1,3H3. The third kappa shape index (κ3) is 3.81. The lowest BCUT2D eigenvalue weighted by Gasteiger charge is -2.23. The Balaban J connectivity index is 2.33. The van der Waals surface area contributed by atoms with Crippen LogP contribution >= 0.6 is 0 Å². The summed E-state index contributed by atoms with van der Waals surface area (Å²) in [5.41, 5.74) is 1.28. The molecule has 2 unspecified atom stereocenters. The van der Waals surface area contributed by atoms with Gasteiger partial charge in [-0.05, 0) is 38.6 Å². The van der Waals surface area contributed by atoms with Gasteiger partial charge in [-0.25, -0.2) is 0 Å². The second-order valence-electron chi connectivity index (χ2n) is 4.28. The van der Waals surface area contributed by atoms with E-state index in [4.69, 9.17) is 4.74 Å². The molecule has 2 atom stereocenters. The summed E-state index contributed by atoms with van der Waals surface area (Å²) in [7, 11) is 0. The SMILES string of the molecule is C=C(C)CCC(NCC)C1CCOC1. The molecule has 1 saturated heterocycles. The van der Waals surface area contributed by atoms with Crippen molar-refractivity contribution in [3.63, 3.8) is 0 Å². The van der Waals surface area contributed by atoms with Gasteiger partial charge in [-0.2, -0.15) is 0 Å². The molecule has 0 aromatic rings. The molecule has 2 heteroatoms. The molecule has 1 heterocycles. The first-order valence-electron chi connectivity index (χ1n) is 5.69. The fourth-order valence-electron chi connectivity index (χ4n) is 2.04. The summed E-state index contributed by atoms with van der Waals surface area (Å²) in [6.07, 6.45) is 3.55. The van der Waals surface area contributed by atoms with Gasteiger partial charge in [0.05, 0.1) is 6.61 Å². The average molecular weight is 197 g/mol. The largest absolute Gasteiger partial charge is 0.381 e. The van der Waals surface area contributed by atoms with E-state index in [1.165, 1.54) is 18.4 Å². The van der Waals surface area contributed by atoms with E-state index < -0.39 is 0 Å². The van der Waals surface area contributed by atoms with Gasteiger partial charge in [0, 0.05) is 12.6 Å². The molecule has 82 valence electrons. The third-order valence-electron chi connectivity index (χ3n) is 2.88. The maximum Gasteiger partial charge on any atom is 0.0510 e. The molecule has 0 aromatic carbocycles. The number of nitrogens with one attached hydrogen (secondary N) is 1. The van der Waals surface area contributed by atoms with Crippen LogP contribution in [0.4, 0.5) is 0 Å². The number of ether oxygens (including phenoxy) is 1. The predicted octanol–water partition coefficient (Wildman–Crippen LogP) is 2.36. The Bertz CT molecular complexity index is 173. The summed E-state index contributed by atoms with van der Waals surface area (Å²) in [5, 5.41) is 3.56. The number of rotatable bonds is 6. The molecule has 14 heavy (non-hydrogen) atoms. The van der Waals surface area contributed by atoms with E-state index in [0.717, 1.165) is 26.2 Å². The van der Waals surface area contributed by atoms with Crippen LogP contribution in [0.5, 0.6) is 0 Å². The molecule has 0 aliphatic carbocycles. The molecule has 2 nitrogen and oxygen atoms in total. The maximum absolute atomic E-state index is 5.43. The summed E-state index contributed by atoms with van der Waals surface area (Å²) < 4.78 is 5.43. The van der Waals surface area contributed by atoms with Crippen molar-refractivity contribution in [2.45, 2.75) is 39.2 Å². The van der Waals surface area contributed by atoms with Crippen LogP contribution in [-0.2, 0) is 4.74 Å². The van der Waals surface area contributed by atoms with Gasteiger partial charge in [0.1, 0.15) is 0 Å². The van der Waals surface area contributed by atoms with Crippen molar-refractivity contribution >= 4 is 0 Å². The highest BCUT2D eigenvalue weighted by molar-refractivity contribution is 4.91. The van der Waals surface area contributed by atoms with Gasteiger partial charge in [-0.3, -0.25) is 0 Å². The Labute approximate surface area is 87.7 Å². The van der Waals surface area contributed by atoms with Gasteiger partial charge >= 0.3 is 0 Å². The summed E-state index contributed by atoms with van der Waals surface area (Å²) in [4.78, 5) is 0. The highest BCUT2D eigenvalue weighted by Gasteiger charge is 2.24. The van der Waals surface area contributed by atoms with Crippen LogP contribution in [0.1, 0.15) is 33.1 Å². The number of hydrogen-bond donors (Lipinski definition) is 1. The van der Waals surface area contributed by atoms with Crippen LogP contribution in [0.15, 0.2) is 12.2 Å². The summed E-state index contributed by atoms with van der Waals surface area (Å²) in [6, 6.07) is 0.624. The van der Waals surface area contributed by atoms with E-state index >= 15 is 0 Å². The molecule has 0 amide bonds. The second kappa shape index (κ2) is 6.20. The molecule has 0 aromatic heterocycles. The van der Waals surface area contributed by atoms with Crippen molar-refractivity contribution in [3.8, 4) is 0 Å². The molecule has 0 bridgehead atoms. The third-order valence-corrected chi connectivity index (χ3v) is 2.88. The lowest BCUT2D eigenvalue weighted by Crippen LogP contribution is -2.36. The first-order chi connectivity index (χ1) is 6.74. The lowest BCUT2D eigenvalue weighted by atomic mass is 9.93. The minimum Gasteiger partial charge on any atom is -0.381 e. The molecule has 0 spiro atoms. The van der Waals surface area contributed by atoms with Gasteiger partial charge in [0.25, 0.3) is 0 Å². The zero-order valence-electron chi connectivity index (χ0n) is 9.51. The summed E-state index contributed by atoms with van der Waals surface area (Å²) in [5.74, 6) is 0.717. The fraction of sp³-hybridized carbons (Fsp3) is 0.833. The highest BCUT2D eigenvalue weighted by atomic mass is 16.5. The van der Waals surface area contributed by atoms with Crippen LogP contribution in [-0.4, -0.2) is 25.8 Å². The van der Waals surface area contributed by atoms with Crippen LogP contribution < -0.4 is 5.32 Å². The molecule has 0 radical (unpaired) electrons. The molecule has 1 fully saturated rings. The Morgan fingerprint density at radius 1 is 1.64 bits per heavy atom. The van der Waals surface area contributed by atoms with Crippen LogP contribution in [0.2, 0.25) is 0 Å². The average Bonchev–Trinajstić information content (AvgIpc) is 2.64. The van der Waals surface area contributed by atoms with Crippen LogP contribution in [0, 0.1) is 5.92 Å². The van der Waals surface area contributed by atoms with E-state index in [2.05, 4.69) is 25.7 Å². The molecule has 1 aliphatic rings. The van der Waals surface area contributed by atoms with Gasteiger partial charge in [0.15, 0.2) is 0 Å². The Hall–Kier alpha value is -0.340. The van der Waals surface area contributed by atoms with Crippen molar-refractivity contribution in [2.24, 2.45) is 5.92 Å². The minimum absolute atomic E-state index is 0.624. The summed E-state index contributed by atoms with van der Waals surface area (Å²) in [6.45, 7) is 11.2. The smallest absolute Gasteiger partial charge is 0.0510 e. The van der Waals surface area contributed by atoms with Crippen molar-refractivity contribution in [2.75, 3.05) is 19.8 Å². The maximum atomic E-state index is 5.43. The van der Waals surface area contributed by atoms with Crippen molar-refractivity contribution < 1.29 is 4.74 Å². The van der Waals surface area contributed by atoms with Gasteiger partial charge in [-0.1, -0.05) is 12.5 Å². The molecular formula is C12H23NO. The van der Waals surface area contributed by atoms with Crippen molar-refractivity contribution in [1.82, 2.24) is 5.32 Å². The van der Waals surface area contributed by atoms with E-state index in [-0.39, 0.29) is 0 Å². The van der Waals surface area contributed by atoms with Gasteiger partial charge in [0.2, 0.25) is 0 Å². The lowest BCUT2D eigenvalue weighted by molar-refractivity contribution is 0.175. The normalized spacial score (nSPS) is 23.7. The molecular weight excluding hydrogens is 174 g/mol. The quantitative estimate of drug-likeness (QED) is 0.660. The van der Waals surface area contributed by atoms with Crippen molar-refractivity contribution in [3.05, 3.63) is 12.2 Å². The van der Waals surface area contributed by atoms with E-state index in [1.54, 1.807) is 0 Å². The fourth-order valence-corrected chi connectivity index (χ4v) is 2.04. The Kier molecular flexibility index (Phi) is 5.20. The van der Waals surface area contributed by atoms with E-state index in [0.29, 0.717) is 12.0 Å². The van der Waals surface area contributed by atoms with Gasteiger partial charge in [-0.15, -0.1) is 6.58 Å². The van der Waals surface area contributed by atoms with Crippen LogP contribution in [0.25, 0.3) is 0 Å². The second-order valence-corrected chi connectivity index (χ2v) is 4.28. The van der Waals surface area contributed by atoms with E-state index in [9.17, 15) is 0 Å². The molecule has 1 rings (SSSR count). The zero-order valence-corrected chi connectivity index (χ0v) is 9.51. The Morgan fingerprint density at radius 3 is 2.93 bits per heavy atom. The topological polar surface area (TPSA) is 21.3 Å². The monoisotopic (exact) mass is 197 g/mol. The van der Waals surface area contributed by atoms with Crippen LogP contribution in [0.3, 0.4) is 0 Å². The predicted molar refractivity (Wildman–Crippen MR) is 60.4 cm³/mol. The van der Waals surface area contributed by atoms with Gasteiger partial charge < -0.3 is 10.1 Å².